The summed E-state index contributed by atoms with van der Waals surface area (Å²) in [7, 11) is 1.46. The zero-order valence-electron chi connectivity index (χ0n) is 15.2. The van der Waals surface area contributed by atoms with E-state index in [0.29, 0.717) is 0 Å². The highest BCUT2D eigenvalue weighted by atomic mass is 19.2. The lowest BCUT2D eigenvalue weighted by atomic mass is 10.0. The van der Waals surface area contributed by atoms with Crippen LogP contribution in [0.2, 0.25) is 0 Å². The molecule has 0 bridgehead atoms. The topological polar surface area (TPSA) is 100 Å². The summed E-state index contributed by atoms with van der Waals surface area (Å²) >= 11 is 0. The number of hydrogen-bond acceptors (Lipinski definition) is 5. The van der Waals surface area contributed by atoms with Gasteiger partial charge in [0.05, 0.1) is 11.6 Å². The molecule has 3 atom stereocenters. The number of likely N-dealkylation sites (tertiary alicyclic amines) is 1. The van der Waals surface area contributed by atoms with Crippen molar-refractivity contribution in [3.05, 3.63) is 23.8 Å². The summed E-state index contributed by atoms with van der Waals surface area (Å²) in [6.45, 7) is 3.56. The number of aliphatic hydroxyl groups is 1. The van der Waals surface area contributed by atoms with E-state index in [4.69, 9.17) is 0 Å². The van der Waals surface area contributed by atoms with Crippen molar-refractivity contribution >= 4 is 22.8 Å². The van der Waals surface area contributed by atoms with Gasteiger partial charge in [-0.3, -0.25) is 9.59 Å². The molecule has 0 saturated carbocycles. The third-order valence-corrected chi connectivity index (χ3v) is 4.77. The molecule has 1 unspecified atom stereocenters. The molecule has 2 aromatic rings. The van der Waals surface area contributed by atoms with Crippen molar-refractivity contribution in [2.24, 2.45) is 5.92 Å². The minimum Gasteiger partial charge on any atom is -0.391 e. The van der Waals surface area contributed by atoms with Crippen LogP contribution in [-0.2, 0) is 9.59 Å². The van der Waals surface area contributed by atoms with Crippen LogP contribution in [0.4, 0.5) is 8.78 Å². The van der Waals surface area contributed by atoms with Crippen LogP contribution in [0, 0.1) is 17.6 Å². The van der Waals surface area contributed by atoms with Gasteiger partial charge in [-0.2, -0.15) is 0 Å². The zero-order chi connectivity index (χ0) is 19.9. The highest BCUT2D eigenvalue weighted by Gasteiger charge is 2.42. The number of hydrogen-bond donors (Lipinski definition) is 2. The number of fused-ring (bicyclic) bond motifs is 1. The van der Waals surface area contributed by atoms with Crippen molar-refractivity contribution in [3.8, 4) is 0 Å². The molecular weight excluding hydrogens is 360 g/mol. The van der Waals surface area contributed by atoms with Crippen molar-refractivity contribution < 1.29 is 23.5 Å². The Labute approximate surface area is 154 Å². The Balaban J connectivity index is 2.02. The molecule has 146 valence electrons. The number of carbonyl (C=O) groups is 2. The van der Waals surface area contributed by atoms with E-state index in [2.05, 4.69) is 15.6 Å². The van der Waals surface area contributed by atoms with Gasteiger partial charge in [-0.05, 0) is 5.92 Å². The Hall–Kier alpha value is -2.62. The summed E-state index contributed by atoms with van der Waals surface area (Å²) in [5.41, 5.74) is 0.300. The molecule has 0 aliphatic carbocycles. The van der Waals surface area contributed by atoms with Crippen molar-refractivity contribution in [1.29, 1.82) is 0 Å². The zero-order valence-corrected chi connectivity index (χ0v) is 15.2. The molecular formula is C17H21F2N5O3. The number of nitrogens with one attached hydrogen (secondary N) is 1. The normalized spacial score (nSPS) is 21.1. The van der Waals surface area contributed by atoms with Gasteiger partial charge < -0.3 is 15.3 Å². The molecule has 27 heavy (non-hydrogen) atoms. The predicted molar refractivity (Wildman–Crippen MR) is 91.5 cm³/mol. The van der Waals surface area contributed by atoms with E-state index >= 15 is 0 Å². The van der Waals surface area contributed by atoms with Crippen molar-refractivity contribution in [2.75, 3.05) is 13.6 Å². The molecule has 1 aromatic carbocycles. The lowest BCUT2D eigenvalue weighted by Crippen LogP contribution is -2.48. The molecule has 8 nitrogen and oxygen atoms in total. The number of rotatable bonds is 4. The Morgan fingerprint density at radius 2 is 1.96 bits per heavy atom. The Kier molecular flexibility index (Phi) is 5.09. The molecule has 0 radical (unpaired) electrons. The number of aromatic nitrogens is 3. The summed E-state index contributed by atoms with van der Waals surface area (Å²) in [5.74, 6) is -3.21. The fourth-order valence-electron chi connectivity index (χ4n) is 3.45. The van der Waals surface area contributed by atoms with Gasteiger partial charge in [-0.25, -0.2) is 13.5 Å². The van der Waals surface area contributed by atoms with Crippen LogP contribution in [0.25, 0.3) is 11.0 Å². The number of halogens is 2. The Bertz CT molecular complexity index is 885. The molecule has 1 aromatic heterocycles. The van der Waals surface area contributed by atoms with E-state index in [-0.39, 0.29) is 35.8 Å². The molecule has 1 fully saturated rings. The molecule has 2 N–H and O–H groups in total. The number of β-amino-alcohol motifs (C(OH)–C–C–N with tert-alkyl or cyclic N) is 1. The van der Waals surface area contributed by atoms with E-state index in [0.717, 1.165) is 12.1 Å². The summed E-state index contributed by atoms with van der Waals surface area (Å²) < 4.78 is 28.4. The van der Waals surface area contributed by atoms with Crippen molar-refractivity contribution in [3.63, 3.8) is 0 Å². The smallest absolute Gasteiger partial charge is 0.248 e. The standard InChI is InChI=1S/C17H21F2N5O3/c1-8(2)15(17(27)23-7-9(25)4-14(23)16(26)20-3)24-13-6-11(19)10(18)5-12(13)21-22-24/h5-6,8-9,14-15,25H,4,7H2,1-3H3,(H,20,26)/t9-,14+,15?/m1/s1. The second-order valence-corrected chi connectivity index (χ2v) is 6.99. The fraction of sp³-hybridized carbons (Fsp3) is 0.529. The third-order valence-electron chi connectivity index (χ3n) is 4.77. The maximum absolute atomic E-state index is 13.7. The van der Waals surface area contributed by atoms with Gasteiger partial charge in [0.15, 0.2) is 11.6 Å². The van der Waals surface area contributed by atoms with Crippen LogP contribution in [0.3, 0.4) is 0 Å². The Morgan fingerprint density at radius 3 is 2.59 bits per heavy atom. The maximum atomic E-state index is 13.7. The number of aliphatic hydroxyl groups excluding tert-OH is 1. The molecule has 0 spiro atoms. The fourth-order valence-corrected chi connectivity index (χ4v) is 3.45. The molecule has 2 amide bonds. The Morgan fingerprint density at radius 1 is 1.30 bits per heavy atom. The summed E-state index contributed by atoms with van der Waals surface area (Å²) in [6.07, 6.45) is -0.683. The third kappa shape index (κ3) is 3.36. The summed E-state index contributed by atoms with van der Waals surface area (Å²) in [5, 5.41) is 20.2. The van der Waals surface area contributed by atoms with Crippen LogP contribution >= 0.6 is 0 Å². The maximum Gasteiger partial charge on any atom is 0.248 e. The lowest BCUT2D eigenvalue weighted by Gasteiger charge is -2.29. The number of amides is 2. The van der Waals surface area contributed by atoms with Gasteiger partial charge >= 0.3 is 0 Å². The van der Waals surface area contributed by atoms with Crippen LogP contribution < -0.4 is 5.32 Å². The largest absolute Gasteiger partial charge is 0.391 e. The molecule has 3 rings (SSSR count). The second-order valence-electron chi connectivity index (χ2n) is 6.99. The van der Waals surface area contributed by atoms with Gasteiger partial charge in [-0.1, -0.05) is 19.1 Å². The highest BCUT2D eigenvalue weighted by molar-refractivity contribution is 5.90. The number of nitrogens with zero attached hydrogens (tertiary/aromatic N) is 4. The molecule has 10 heteroatoms. The predicted octanol–water partition coefficient (Wildman–Crippen LogP) is 0.614. The minimum absolute atomic E-state index is 0.00968. The number of likely N-dealkylation sites (N-methyl/N-ethyl adjacent to an activating group) is 1. The van der Waals surface area contributed by atoms with Crippen LogP contribution in [0.1, 0.15) is 26.3 Å². The van der Waals surface area contributed by atoms with Gasteiger partial charge in [-0.15, -0.1) is 5.10 Å². The van der Waals surface area contributed by atoms with Crippen LogP contribution in [-0.4, -0.2) is 62.6 Å². The van der Waals surface area contributed by atoms with E-state index in [1.54, 1.807) is 13.8 Å². The number of carbonyl (C=O) groups excluding carboxylic acids is 2. The minimum atomic E-state index is -1.07. The summed E-state index contributed by atoms with van der Waals surface area (Å²) in [4.78, 5) is 26.6. The van der Waals surface area contributed by atoms with E-state index in [1.807, 2.05) is 0 Å². The second kappa shape index (κ2) is 7.18. The first-order valence-corrected chi connectivity index (χ1v) is 8.64. The molecule has 2 heterocycles. The summed E-state index contributed by atoms with van der Waals surface area (Å²) in [6, 6.07) is 0.172. The first-order chi connectivity index (χ1) is 12.7. The van der Waals surface area contributed by atoms with E-state index in [1.165, 1.54) is 16.6 Å². The molecule has 1 saturated heterocycles. The van der Waals surface area contributed by atoms with E-state index < -0.39 is 35.7 Å². The van der Waals surface area contributed by atoms with Gasteiger partial charge in [0.25, 0.3) is 0 Å². The first-order valence-electron chi connectivity index (χ1n) is 8.64. The van der Waals surface area contributed by atoms with Crippen molar-refractivity contribution in [2.45, 2.75) is 38.5 Å². The van der Waals surface area contributed by atoms with Gasteiger partial charge in [0.1, 0.15) is 17.6 Å². The molecule has 1 aliphatic rings. The van der Waals surface area contributed by atoms with Crippen molar-refractivity contribution in [1.82, 2.24) is 25.2 Å². The van der Waals surface area contributed by atoms with E-state index in [9.17, 15) is 23.5 Å². The van der Waals surface area contributed by atoms with Crippen LogP contribution in [0.15, 0.2) is 12.1 Å². The van der Waals surface area contributed by atoms with Gasteiger partial charge in [0.2, 0.25) is 11.8 Å². The first kappa shape index (κ1) is 19.2. The SMILES string of the molecule is CNC(=O)[C@@H]1C[C@@H](O)CN1C(=O)C(C(C)C)n1nnc2cc(F)c(F)cc21. The molecule has 1 aliphatic heterocycles. The monoisotopic (exact) mass is 381 g/mol. The average molecular weight is 381 g/mol. The number of benzene rings is 1. The van der Waals surface area contributed by atoms with Gasteiger partial charge in [0, 0.05) is 32.1 Å². The average Bonchev–Trinajstić information content (AvgIpc) is 3.18. The van der Waals surface area contributed by atoms with Crippen LogP contribution in [0.5, 0.6) is 0 Å². The highest BCUT2D eigenvalue weighted by Crippen LogP contribution is 2.29. The lowest BCUT2D eigenvalue weighted by molar-refractivity contribution is -0.142. The quantitative estimate of drug-likeness (QED) is 0.809.